The van der Waals surface area contributed by atoms with E-state index in [1.54, 1.807) is 14.2 Å². The lowest BCUT2D eigenvalue weighted by Gasteiger charge is -2.22. The molecule has 6 heteroatoms. The Morgan fingerprint density at radius 2 is 1.41 bits per heavy atom. The maximum atomic E-state index is 5.39. The molecule has 0 saturated heterocycles. The van der Waals surface area contributed by atoms with Gasteiger partial charge in [-0.3, -0.25) is 0 Å². The summed E-state index contributed by atoms with van der Waals surface area (Å²) in [5.41, 5.74) is 4.62. The van der Waals surface area contributed by atoms with Crippen molar-refractivity contribution in [1.82, 2.24) is 14.9 Å². The van der Waals surface area contributed by atoms with E-state index in [2.05, 4.69) is 34.7 Å². The second kappa shape index (κ2) is 7.38. The molecule has 0 aliphatic rings. The fraction of sp³-hybridized carbons (Fsp3) is 0.500. The van der Waals surface area contributed by atoms with Crippen LogP contribution in [-0.2, 0) is 9.47 Å². The average molecular weight is 304 g/mol. The van der Waals surface area contributed by atoms with Crippen LogP contribution in [0, 0.1) is 0 Å². The van der Waals surface area contributed by atoms with E-state index < -0.39 is 0 Å². The first-order valence-electron chi connectivity index (χ1n) is 7.40. The topological polar surface area (TPSA) is 61.2 Å². The fourth-order valence-electron chi connectivity index (χ4n) is 2.19. The number of rotatable bonds is 7. The van der Waals surface area contributed by atoms with Gasteiger partial charge in [-0.25, -0.2) is 4.68 Å². The van der Waals surface area contributed by atoms with Gasteiger partial charge in [-0.15, -0.1) is 10.2 Å². The molecule has 3 atom stereocenters. The van der Waals surface area contributed by atoms with Gasteiger partial charge in [0.15, 0.2) is 11.6 Å². The molecular weight excluding hydrogens is 280 g/mol. The first-order valence-corrected chi connectivity index (χ1v) is 7.40. The average Bonchev–Trinajstić information content (AvgIpc) is 2.97. The summed E-state index contributed by atoms with van der Waals surface area (Å²) in [6.07, 6.45) is -0.332. The molecule has 0 radical (unpaired) electrons. The van der Waals surface area contributed by atoms with E-state index in [9.17, 15) is 0 Å². The van der Waals surface area contributed by atoms with E-state index in [4.69, 9.17) is 9.47 Å². The van der Waals surface area contributed by atoms with Gasteiger partial charge in [0.25, 0.3) is 0 Å². The van der Waals surface area contributed by atoms with Crippen LogP contribution in [0.4, 0.5) is 0 Å². The predicted octanol–water partition coefficient (Wildman–Crippen LogP) is 3.00. The van der Waals surface area contributed by atoms with Crippen LogP contribution in [0.3, 0.4) is 0 Å². The van der Waals surface area contributed by atoms with Gasteiger partial charge in [-0.1, -0.05) is 30.3 Å². The van der Waals surface area contributed by atoms with E-state index in [1.165, 1.54) is 5.56 Å². The maximum Gasteiger partial charge on any atom is 0.180 e. The lowest BCUT2D eigenvalue weighted by Crippen LogP contribution is -2.25. The number of methoxy groups -OCH3 is 2. The monoisotopic (exact) mass is 304 g/mol. The fourth-order valence-corrected chi connectivity index (χ4v) is 2.19. The number of ether oxygens (including phenoxy) is 2. The summed E-state index contributed by atoms with van der Waals surface area (Å²) < 4.78 is 12.6. The number of aromatic nitrogens is 3. The van der Waals surface area contributed by atoms with Crippen LogP contribution in [0.1, 0.15) is 56.2 Å². The summed E-state index contributed by atoms with van der Waals surface area (Å²) in [7, 11) is 3.31. The lowest BCUT2D eigenvalue weighted by molar-refractivity contribution is 0.101. The van der Waals surface area contributed by atoms with Gasteiger partial charge < -0.3 is 14.9 Å². The number of hydrogen-bond acceptors (Lipinski definition) is 5. The number of hydrogen-bond donors (Lipinski definition) is 1. The molecule has 0 amide bonds. The Morgan fingerprint density at radius 1 is 0.909 bits per heavy atom. The Bertz CT molecular complexity index is 558. The second-order valence-corrected chi connectivity index (χ2v) is 5.27. The molecule has 1 unspecified atom stereocenters. The number of benzene rings is 1. The minimum atomic E-state index is -0.166. The molecule has 0 bridgehead atoms. The predicted molar refractivity (Wildman–Crippen MR) is 85.1 cm³/mol. The summed E-state index contributed by atoms with van der Waals surface area (Å²) in [6.45, 7) is 5.98. The summed E-state index contributed by atoms with van der Waals surface area (Å²) in [4.78, 5) is 0. The Kier molecular flexibility index (Phi) is 5.51. The van der Waals surface area contributed by atoms with Crippen LogP contribution < -0.4 is 5.43 Å². The second-order valence-electron chi connectivity index (χ2n) is 5.27. The SMILES string of the molecule is CO[C@@H](C)c1nnc([C@H](C)OC)n1NC(C)c1ccccc1. The third-order valence-corrected chi connectivity index (χ3v) is 3.77. The Balaban J connectivity index is 2.32. The summed E-state index contributed by atoms with van der Waals surface area (Å²) in [5, 5.41) is 8.50. The highest BCUT2D eigenvalue weighted by Gasteiger charge is 2.22. The van der Waals surface area contributed by atoms with Crippen molar-refractivity contribution >= 4 is 0 Å². The van der Waals surface area contributed by atoms with Crippen molar-refractivity contribution in [3.8, 4) is 0 Å². The van der Waals surface area contributed by atoms with E-state index >= 15 is 0 Å². The number of nitrogens with one attached hydrogen (secondary N) is 1. The molecular formula is C16H24N4O2. The molecule has 0 aliphatic heterocycles. The molecule has 120 valence electrons. The minimum absolute atomic E-state index is 0.0998. The smallest absolute Gasteiger partial charge is 0.180 e. The molecule has 1 heterocycles. The molecule has 1 N–H and O–H groups in total. The zero-order valence-electron chi connectivity index (χ0n) is 13.8. The van der Waals surface area contributed by atoms with Crippen LogP contribution in [0.2, 0.25) is 0 Å². The van der Waals surface area contributed by atoms with Crippen molar-refractivity contribution in [1.29, 1.82) is 0 Å². The molecule has 0 spiro atoms. The molecule has 6 nitrogen and oxygen atoms in total. The lowest BCUT2D eigenvalue weighted by atomic mass is 10.1. The van der Waals surface area contributed by atoms with E-state index in [-0.39, 0.29) is 18.2 Å². The molecule has 22 heavy (non-hydrogen) atoms. The van der Waals surface area contributed by atoms with Gasteiger partial charge in [0.2, 0.25) is 0 Å². The first kappa shape index (κ1) is 16.5. The van der Waals surface area contributed by atoms with Crippen LogP contribution >= 0.6 is 0 Å². The van der Waals surface area contributed by atoms with E-state index in [0.29, 0.717) is 0 Å². The molecule has 2 aromatic rings. The normalized spacial score (nSPS) is 15.3. The number of nitrogens with zero attached hydrogens (tertiary/aromatic N) is 3. The summed E-state index contributed by atoms with van der Waals surface area (Å²) >= 11 is 0. The van der Waals surface area contributed by atoms with Gasteiger partial charge in [-0.2, -0.15) is 0 Å². The van der Waals surface area contributed by atoms with Crippen molar-refractivity contribution in [2.45, 2.75) is 39.0 Å². The standard InChI is InChI=1S/C16H24N4O2/c1-11(14-9-7-6-8-10-14)19-20-15(12(2)21-4)17-18-16(20)13(3)22-5/h6-13,19H,1-5H3/t11?,12-,13-/m0/s1. The van der Waals surface area contributed by atoms with Gasteiger partial charge in [0.1, 0.15) is 12.2 Å². The van der Waals surface area contributed by atoms with Crippen molar-refractivity contribution in [3.63, 3.8) is 0 Å². The van der Waals surface area contributed by atoms with Crippen LogP contribution in [0.5, 0.6) is 0 Å². The largest absolute Gasteiger partial charge is 0.374 e. The first-order chi connectivity index (χ1) is 10.6. The van der Waals surface area contributed by atoms with Gasteiger partial charge in [0, 0.05) is 14.2 Å². The molecule has 0 fully saturated rings. The molecule has 2 rings (SSSR count). The Hall–Kier alpha value is -1.92. The Labute approximate surface area is 131 Å². The van der Waals surface area contributed by atoms with Crippen molar-refractivity contribution < 1.29 is 9.47 Å². The highest BCUT2D eigenvalue weighted by molar-refractivity contribution is 5.21. The zero-order valence-corrected chi connectivity index (χ0v) is 13.8. The molecule has 1 aromatic carbocycles. The van der Waals surface area contributed by atoms with Crippen molar-refractivity contribution in [2.75, 3.05) is 19.6 Å². The Morgan fingerprint density at radius 3 is 1.86 bits per heavy atom. The van der Waals surface area contributed by atoms with Crippen molar-refractivity contribution in [3.05, 3.63) is 47.5 Å². The highest BCUT2D eigenvalue weighted by Crippen LogP contribution is 2.22. The zero-order chi connectivity index (χ0) is 16.1. The molecule has 0 saturated carbocycles. The van der Waals surface area contributed by atoms with Gasteiger partial charge in [-0.05, 0) is 26.3 Å². The third kappa shape index (κ3) is 3.45. The third-order valence-electron chi connectivity index (χ3n) is 3.77. The van der Waals surface area contributed by atoms with Crippen LogP contribution in [0.15, 0.2) is 30.3 Å². The van der Waals surface area contributed by atoms with Gasteiger partial charge in [0.05, 0.1) is 6.04 Å². The van der Waals surface area contributed by atoms with E-state index in [1.807, 2.05) is 36.7 Å². The van der Waals surface area contributed by atoms with Crippen molar-refractivity contribution in [2.24, 2.45) is 0 Å². The summed E-state index contributed by atoms with van der Waals surface area (Å²) in [5.74, 6) is 1.45. The van der Waals surface area contributed by atoms with Crippen LogP contribution in [-0.4, -0.2) is 29.1 Å². The maximum absolute atomic E-state index is 5.39. The van der Waals surface area contributed by atoms with E-state index in [0.717, 1.165) is 11.6 Å². The van der Waals surface area contributed by atoms with Gasteiger partial charge >= 0.3 is 0 Å². The molecule has 1 aromatic heterocycles. The quantitative estimate of drug-likeness (QED) is 0.852. The summed E-state index contributed by atoms with van der Waals surface area (Å²) in [6, 6.07) is 10.3. The van der Waals surface area contributed by atoms with Crippen LogP contribution in [0.25, 0.3) is 0 Å². The minimum Gasteiger partial charge on any atom is -0.374 e. The highest BCUT2D eigenvalue weighted by atomic mass is 16.5. The molecule has 0 aliphatic carbocycles.